The molecule has 0 fully saturated rings. The van der Waals surface area contributed by atoms with Gasteiger partial charge in [0.05, 0.1) is 19.3 Å². The van der Waals surface area contributed by atoms with Crippen molar-refractivity contribution in [2.75, 3.05) is 20.3 Å². The summed E-state index contributed by atoms with van der Waals surface area (Å²) in [5.41, 5.74) is 1.15. The predicted molar refractivity (Wildman–Crippen MR) is 70.5 cm³/mol. The summed E-state index contributed by atoms with van der Waals surface area (Å²) in [5.74, 6) is 0.907. The molecule has 3 heteroatoms. The van der Waals surface area contributed by atoms with E-state index in [1.807, 2.05) is 25.1 Å². The van der Waals surface area contributed by atoms with Crippen LogP contribution in [0.4, 0.5) is 0 Å². The molecule has 1 aromatic carbocycles. The number of rotatable bonds is 7. The second-order valence-corrected chi connectivity index (χ2v) is 3.94. The van der Waals surface area contributed by atoms with E-state index in [9.17, 15) is 0 Å². The zero-order chi connectivity index (χ0) is 12.7. The van der Waals surface area contributed by atoms with Crippen molar-refractivity contribution in [3.8, 4) is 5.75 Å². The van der Waals surface area contributed by atoms with Crippen LogP contribution in [-0.4, -0.2) is 26.4 Å². The molecule has 3 nitrogen and oxygen atoms in total. The van der Waals surface area contributed by atoms with Gasteiger partial charge in [0.15, 0.2) is 0 Å². The monoisotopic (exact) mass is 237 g/mol. The zero-order valence-electron chi connectivity index (χ0n) is 11.2. The van der Waals surface area contributed by atoms with Crippen LogP contribution in [0.5, 0.6) is 5.75 Å². The van der Waals surface area contributed by atoms with Crippen LogP contribution in [0.3, 0.4) is 0 Å². The van der Waals surface area contributed by atoms with E-state index in [0.717, 1.165) is 24.5 Å². The molecule has 0 aromatic heterocycles. The SMILES string of the molecule is CCNC(c1ccccc1OC)C(C)OCC. The minimum atomic E-state index is 0.122. The molecule has 2 unspecified atom stereocenters. The molecule has 17 heavy (non-hydrogen) atoms. The number of hydrogen-bond donors (Lipinski definition) is 1. The maximum absolute atomic E-state index is 5.69. The number of methoxy groups -OCH3 is 1. The molecule has 0 aliphatic rings. The van der Waals surface area contributed by atoms with E-state index in [1.54, 1.807) is 7.11 Å². The highest BCUT2D eigenvalue weighted by Gasteiger charge is 2.21. The van der Waals surface area contributed by atoms with Crippen molar-refractivity contribution in [1.29, 1.82) is 0 Å². The Morgan fingerprint density at radius 2 is 1.94 bits per heavy atom. The van der Waals surface area contributed by atoms with Crippen LogP contribution in [-0.2, 0) is 4.74 Å². The summed E-state index contributed by atoms with van der Waals surface area (Å²) in [7, 11) is 1.70. The Balaban J connectivity index is 2.95. The normalized spacial score (nSPS) is 14.4. The summed E-state index contributed by atoms with van der Waals surface area (Å²) in [5, 5.41) is 3.45. The van der Waals surface area contributed by atoms with E-state index in [1.165, 1.54) is 0 Å². The quantitative estimate of drug-likeness (QED) is 0.791. The van der Waals surface area contributed by atoms with E-state index < -0.39 is 0 Å². The number of ether oxygens (including phenoxy) is 2. The van der Waals surface area contributed by atoms with Crippen LogP contribution < -0.4 is 10.1 Å². The number of nitrogens with one attached hydrogen (secondary N) is 1. The molecular weight excluding hydrogens is 214 g/mol. The van der Waals surface area contributed by atoms with Crippen molar-refractivity contribution in [3.05, 3.63) is 29.8 Å². The third kappa shape index (κ3) is 3.72. The maximum atomic E-state index is 5.69. The van der Waals surface area contributed by atoms with Crippen LogP contribution >= 0.6 is 0 Å². The van der Waals surface area contributed by atoms with Crippen molar-refractivity contribution >= 4 is 0 Å². The first kappa shape index (κ1) is 14.0. The molecule has 0 saturated carbocycles. The topological polar surface area (TPSA) is 30.5 Å². The lowest BCUT2D eigenvalue weighted by atomic mass is 10.0. The van der Waals surface area contributed by atoms with Crippen molar-refractivity contribution in [2.24, 2.45) is 0 Å². The standard InChI is InChI=1S/C14H23NO2/c1-5-15-14(11(3)17-6-2)12-9-7-8-10-13(12)16-4/h7-11,14-15H,5-6H2,1-4H3. The summed E-state index contributed by atoms with van der Waals surface area (Å²) >= 11 is 0. The molecule has 0 spiro atoms. The summed E-state index contributed by atoms with van der Waals surface area (Å²) < 4.78 is 11.1. The molecule has 1 rings (SSSR count). The van der Waals surface area contributed by atoms with Gasteiger partial charge in [-0.1, -0.05) is 25.1 Å². The highest BCUT2D eigenvalue weighted by atomic mass is 16.5. The van der Waals surface area contributed by atoms with E-state index >= 15 is 0 Å². The van der Waals surface area contributed by atoms with Gasteiger partial charge in [0.1, 0.15) is 5.75 Å². The lowest BCUT2D eigenvalue weighted by Gasteiger charge is -2.26. The molecule has 96 valence electrons. The van der Waals surface area contributed by atoms with Gasteiger partial charge in [-0.25, -0.2) is 0 Å². The minimum Gasteiger partial charge on any atom is -0.496 e. The van der Waals surface area contributed by atoms with E-state index in [4.69, 9.17) is 9.47 Å². The molecular formula is C14H23NO2. The maximum Gasteiger partial charge on any atom is 0.123 e. The summed E-state index contributed by atoms with van der Waals surface area (Å²) in [6, 6.07) is 8.24. The van der Waals surface area contributed by atoms with Crippen LogP contribution in [0, 0.1) is 0 Å². The Kier molecular flexibility index (Phi) is 6.01. The molecule has 0 radical (unpaired) electrons. The van der Waals surface area contributed by atoms with Crippen molar-refractivity contribution < 1.29 is 9.47 Å². The highest BCUT2D eigenvalue weighted by molar-refractivity contribution is 5.36. The predicted octanol–water partition coefficient (Wildman–Crippen LogP) is 2.77. The van der Waals surface area contributed by atoms with Crippen molar-refractivity contribution in [3.63, 3.8) is 0 Å². The van der Waals surface area contributed by atoms with Gasteiger partial charge >= 0.3 is 0 Å². The first-order chi connectivity index (χ1) is 8.24. The molecule has 1 aromatic rings. The fourth-order valence-corrected chi connectivity index (χ4v) is 2.03. The average Bonchev–Trinajstić information content (AvgIpc) is 2.36. The Bertz CT molecular complexity index is 328. The van der Waals surface area contributed by atoms with Gasteiger partial charge in [-0.15, -0.1) is 0 Å². The number of likely N-dealkylation sites (N-methyl/N-ethyl adjacent to an activating group) is 1. The van der Waals surface area contributed by atoms with Gasteiger partial charge in [-0.2, -0.15) is 0 Å². The van der Waals surface area contributed by atoms with Crippen LogP contribution in [0.2, 0.25) is 0 Å². The van der Waals surface area contributed by atoms with Gasteiger partial charge in [0.25, 0.3) is 0 Å². The highest BCUT2D eigenvalue weighted by Crippen LogP contribution is 2.28. The summed E-state index contributed by atoms with van der Waals surface area (Å²) in [6.07, 6.45) is 0.122. The molecule has 0 aliphatic carbocycles. The van der Waals surface area contributed by atoms with E-state index in [2.05, 4.69) is 25.2 Å². The van der Waals surface area contributed by atoms with Crippen LogP contribution in [0.1, 0.15) is 32.4 Å². The second kappa shape index (κ2) is 7.30. The van der Waals surface area contributed by atoms with Crippen LogP contribution in [0.15, 0.2) is 24.3 Å². The van der Waals surface area contributed by atoms with Gasteiger partial charge in [-0.05, 0) is 26.5 Å². The molecule has 0 aliphatic heterocycles. The Morgan fingerprint density at radius 1 is 1.24 bits per heavy atom. The van der Waals surface area contributed by atoms with E-state index in [-0.39, 0.29) is 12.1 Å². The van der Waals surface area contributed by atoms with Crippen molar-refractivity contribution in [1.82, 2.24) is 5.32 Å². The fourth-order valence-electron chi connectivity index (χ4n) is 2.03. The Labute approximate surface area is 104 Å². The largest absolute Gasteiger partial charge is 0.496 e. The first-order valence-electron chi connectivity index (χ1n) is 6.22. The molecule has 1 N–H and O–H groups in total. The minimum absolute atomic E-state index is 0.122. The Morgan fingerprint density at radius 3 is 2.53 bits per heavy atom. The van der Waals surface area contributed by atoms with Gasteiger partial charge in [-0.3, -0.25) is 0 Å². The lowest BCUT2D eigenvalue weighted by Crippen LogP contribution is -2.32. The van der Waals surface area contributed by atoms with E-state index in [0.29, 0.717) is 0 Å². The first-order valence-corrected chi connectivity index (χ1v) is 6.22. The Hall–Kier alpha value is -1.06. The second-order valence-electron chi connectivity index (χ2n) is 3.94. The summed E-state index contributed by atoms with van der Waals surface area (Å²) in [4.78, 5) is 0. The van der Waals surface area contributed by atoms with Gasteiger partial charge < -0.3 is 14.8 Å². The third-order valence-corrected chi connectivity index (χ3v) is 2.80. The smallest absolute Gasteiger partial charge is 0.123 e. The molecule has 0 saturated heterocycles. The molecule has 2 atom stereocenters. The number of para-hydroxylation sites is 1. The summed E-state index contributed by atoms with van der Waals surface area (Å²) in [6.45, 7) is 7.82. The fraction of sp³-hybridized carbons (Fsp3) is 0.571. The molecule has 0 bridgehead atoms. The molecule has 0 heterocycles. The zero-order valence-corrected chi connectivity index (χ0v) is 11.2. The van der Waals surface area contributed by atoms with Crippen molar-refractivity contribution in [2.45, 2.75) is 32.9 Å². The average molecular weight is 237 g/mol. The number of hydrogen-bond acceptors (Lipinski definition) is 3. The molecule has 0 amide bonds. The number of benzene rings is 1. The third-order valence-electron chi connectivity index (χ3n) is 2.80. The van der Waals surface area contributed by atoms with Crippen LogP contribution in [0.25, 0.3) is 0 Å². The van der Waals surface area contributed by atoms with Gasteiger partial charge in [0.2, 0.25) is 0 Å². The van der Waals surface area contributed by atoms with Gasteiger partial charge in [0, 0.05) is 12.2 Å². The lowest BCUT2D eigenvalue weighted by molar-refractivity contribution is 0.0470.